The molecule has 0 spiro atoms. The average molecular weight is 835 g/mol. The fraction of sp³-hybridized carbons (Fsp3) is 0.367. The maximum Gasteiger partial charge on any atom is 0.407 e. The minimum atomic E-state index is -0.682. The monoisotopic (exact) mass is 834 g/mol. The number of fused-ring (bicyclic) bond motifs is 1. The number of hydrogen-bond acceptors (Lipinski definition) is 8. The predicted octanol–water partition coefficient (Wildman–Crippen LogP) is 8.07. The van der Waals surface area contributed by atoms with E-state index in [9.17, 15) is 14.4 Å². The Labute approximate surface area is 361 Å². The second-order valence-corrected chi connectivity index (χ2v) is 16.9. The smallest absolute Gasteiger partial charge is 0.407 e. The van der Waals surface area contributed by atoms with Crippen LogP contribution in [-0.2, 0) is 19.1 Å². The van der Waals surface area contributed by atoms with Crippen LogP contribution >= 0.6 is 0 Å². The number of ether oxygens (including phenoxy) is 2. The van der Waals surface area contributed by atoms with Crippen molar-refractivity contribution in [3.8, 4) is 33.6 Å². The first-order chi connectivity index (χ1) is 30.2. The predicted molar refractivity (Wildman–Crippen MR) is 238 cm³/mol. The fourth-order valence-electron chi connectivity index (χ4n) is 9.39. The van der Waals surface area contributed by atoms with Crippen molar-refractivity contribution in [2.45, 2.75) is 63.7 Å². The molecule has 5 heterocycles. The van der Waals surface area contributed by atoms with Crippen molar-refractivity contribution in [3.63, 3.8) is 0 Å². The number of nitrogens with one attached hydrogen (secondary N) is 3. The largest absolute Gasteiger partial charge is 0.453 e. The quantitative estimate of drug-likeness (QED) is 0.119. The van der Waals surface area contributed by atoms with Crippen LogP contribution in [0.5, 0.6) is 0 Å². The Hall–Kier alpha value is -6.31. The molecular formula is C49H54N8O5. The van der Waals surface area contributed by atoms with Crippen molar-refractivity contribution < 1.29 is 23.9 Å². The molecule has 0 unspecified atom stereocenters. The number of alkyl carbamates (subject to hydrolysis) is 1. The van der Waals surface area contributed by atoms with Crippen LogP contribution in [0.2, 0.25) is 0 Å². The Morgan fingerprint density at radius 2 is 1.24 bits per heavy atom. The summed E-state index contributed by atoms with van der Waals surface area (Å²) in [6.07, 6.45) is 6.55. The molecule has 3 saturated heterocycles. The summed E-state index contributed by atoms with van der Waals surface area (Å²) in [7, 11) is 1.30. The number of rotatable bonds is 11. The molecule has 320 valence electrons. The highest BCUT2D eigenvalue weighted by molar-refractivity contribution is 5.91. The first kappa shape index (κ1) is 41.1. The summed E-state index contributed by atoms with van der Waals surface area (Å²) in [4.78, 5) is 62.7. The fourth-order valence-corrected chi connectivity index (χ4v) is 9.39. The minimum Gasteiger partial charge on any atom is -0.453 e. The Morgan fingerprint density at radius 3 is 1.85 bits per heavy atom. The molecule has 13 heteroatoms. The van der Waals surface area contributed by atoms with Gasteiger partial charge >= 0.3 is 6.09 Å². The van der Waals surface area contributed by atoms with Crippen molar-refractivity contribution in [1.29, 1.82) is 0 Å². The van der Waals surface area contributed by atoms with E-state index in [2.05, 4.69) is 93.0 Å². The van der Waals surface area contributed by atoms with Crippen molar-refractivity contribution in [3.05, 3.63) is 121 Å². The molecule has 13 nitrogen and oxygen atoms in total. The van der Waals surface area contributed by atoms with E-state index in [0.717, 1.165) is 100 Å². The number of benzene rings is 4. The molecule has 3 amide bonds. The molecular weight excluding hydrogens is 781 g/mol. The number of likely N-dealkylation sites (tertiary alicyclic amines) is 2. The van der Waals surface area contributed by atoms with Crippen LogP contribution in [-0.4, -0.2) is 105 Å². The van der Waals surface area contributed by atoms with E-state index >= 15 is 0 Å². The van der Waals surface area contributed by atoms with Gasteiger partial charge in [-0.15, -0.1) is 0 Å². The molecule has 0 bridgehead atoms. The molecule has 62 heavy (non-hydrogen) atoms. The summed E-state index contributed by atoms with van der Waals surface area (Å²) in [5.41, 5.74) is 7.09. The van der Waals surface area contributed by atoms with E-state index in [1.165, 1.54) is 7.11 Å². The number of amides is 3. The van der Waals surface area contributed by atoms with Crippen molar-refractivity contribution in [1.82, 2.24) is 40.0 Å². The van der Waals surface area contributed by atoms with Gasteiger partial charge in [0.1, 0.15) is 23.7 Å². The zero-order valence-electron chi connectivity index (χ0n) is 35.6. The van der Waals surface area contributed by atoms with Crippen LogP contribution in [0.1, 0.15) is 74.9 Å². The highest BCUT2D eigenvalue weighted by atomic mass is 16.5. The number of carbonyl (C=O) groups is 3. The third-order valence-electron chi connectivity index (χ3n) is 12.7. The number of morpholine rings is 1. The SMILES string of the molecule is COC(=O)N[C@H](C(=O)N1CCC[C@H]1c1ncc(-c2ccc3cc(-c4ccc(-c5cnc([C@@H]6CCCN6C(=O)[C@@H](c6ccccc6)N6CCOCC6)[nH]5)cc4)ccc3c2)[nH]1)C(C)C. The van der Waals surface area contributed by atoms with Gasteiger partial charge in [0.15, 0.2) is 0 Å². The third-order valence-corrected chi connectivity index (χ3v) is 12.7. The minimum absolute atomic E-state index is 0.0995. The van der Waals surface area contributed by atoms with E-state index in [0.29, 0.717) is 26.3 Å². The van der Waals surface area contributed by atoms with Crippen LogP contribution in [0.4, 0.5) is 4.79 Å². The highest BCUT2D eigenvalue weighted by Gasteiger charge is 2.40. The van der Waals surface area contributed by atoms with E-state index in [1.807, 2.05) is 54.2 Å². The topological polar surface area (TPSA) is 149 Å². The number of aromatic amines is 2. The van der Waals surface area contributed by atoms with Crippen molar-refractivity contribution in [2.75, 3.05) is 46.5 Å². The molecule has 0 aliphatic carbocycles. The van der Waals surface area contributed by atoms with Gasteiger partial charge in [-0.3, -0.25) is 14.5 Å². The van der Waals surface area contributed by atoms with E-state index in [4.69, 9.17) is 19.4 Å². The number of imidazole rings is 2. The lowest BCUT2D eigenvalue weighted by atomic mass is 9.98. The summed E-state index contributed by atoms with van der Waals surface area (Å²) in [5, 5.41) is 4.94. The van der Waals surface area contributed by atoms with Gasteiger partial charge in [-0.1, -0.05) is 92.7 Å². The summed E-state index contributed by atoms with van der Waals surface area (Å²) in [5.74, 6) is 1.46. The highest BCUT2D eigenvalue weighted by Crippen LogP contribution is 2.37. The Morgan fingerprint density at radius 1 is 0.694 bits per heavy atom. The van der Waals surface area contributed by atoms with Gasteiger partial charge < -0.3 is 34.6 Å². The Kier molecular flexibility index (Phi) is 11.9. The zero-order valence-corrected chi connectivity index (χ0v) is 35.6. The summed E-state index contributed by atoms with van der Waals surface area (Å²) < 4.78 is 10.4. The molecule has 6 aromatic rings. The normalized spacial score (nSPS) is 19.2. The molecule has 3 fully saturated rings. The van der Waals surface area contributed by atoms with Gasteiger partial charge in [-0.25, -0.2) is 14.8 Å². The number of hydrogen-bond donors (Lipinski definition) is 3. The van der Waals surface area contributed by atoms with Crippen molar-refractivity contribution in [2.24, 2.45) is 5.92 Å². The number of H-pyrrole nitrogens is 2. The lowest BCUT2D eigenvalue weighted by Gasteiger charge is -2.37. The van der Waals surface area contributed by atoms with Gasteiger partial charge in [-0.05, 0) is 76.8 Å². The van der Waals surface area contributed by atoms with E-state index in [-0.39, 0.29) is 35.9 Å². The molecule has 9 rings (SSSR count). The van der Waals surface area contributed by atoms with Crippen LogP contribution < -0.4 is 5.32 Å². The molecule has 0 radical (unpaired) electrons. The molecule has 3 aliphatic heterocycles. The van der Waals surface area contributed by atoms with Crippen LogP contribution in [0.3, 0.4) is 0 Å². The Bertz CT molecular complexity index is 2530. The lowest BCUT2D eigenvalue weighted by molar-refractivity contribution is -0.140. The second kappa shape index (κ2) is 18.0. The Balaban J connectivity index is 0.873. The number of aromatic nitrogens is 4. The lowest BCUT2D eigenvalue weighted by Crippen LogP contribution is -2.51. The van der Waals surface area contributed by atoms with Gasteiger partial charge in [0.05, 0.1) is 56.2 Å². The summed E-state index contributed by atoms with van der Waals surface area (Å²) >= 11 is 0. The number of methoxy groups -OCH3 is 1. The zero-order chi connectivity index (χ0) is 42.7. The second-order valence-electron chi connectivity index (χ2n) is 16.9. The molecule has 4 atom stereocenters. The molecule has 3 N–H and O–H groups in total. The molecule has 4 aromatic carbocycles. The standard InChI is InChI=1S/C49H54N8O5/c1-31(2)43(54-49(60)61-3)47(58)56-21-7-11-41(56)45-51-30-40(53-45)38-20-19-36-27-35(17-18-37(36)28-38)32-13-15-33(16-14-32)39-29-50-46(52-39)42-12-8-22-57(42)48(59)44(34-9-5-4-6-10-34)55-23-25-62-26-24-55/h4-6,9-10,13-20,27-31,41-44H,7-8,11-12,21-26H2,1-3H3,(H,50,52)(H,51,53)(H,54,60)/t41-,42-,43-,44+/m0/s1. The van der Waals surface area contributed by atoms with Crippen molar-refractivity contribution >= 4 is 28.7 Å². The van der Waals surface area contributed by atoms with Gasteiger partial charge in [0.2, 0.25) is 11.8 Å². The average Bonchev–Trinajstić information content (AvgIpc) is 4.16. The molecule has 3 aliphatic rings. The van der Waals surface area contributed by atoms with E-state index in [1.54, 1.807) is 0 Å². The van der Waals surface area contributed by atoms with Gasteiger partial charge in [0, 0.05) is 31.7 Å². The summed E-state index contributed by atoms with van der Waals surface area (Å²) in [6, 6.07) is 30.2. The first-order valence-electron chi connectivity index (χ1n) is 21.8. The van der Waals surface area contributed by atoms with Gasteiger partial charge in [-0.2, -0.15) is 0 Å². The van der Waals surface area contributed by atoms with E-state index < -0.39 is 12.1 Å². The molecule has 0 saturated carbocycles. The number of carbonyl (C=O) groups excluding carboxylic acids is 3. The van der Waals surface area contributed by atoms with Crippen LogP contribution in [0.25, 0.3) is 44.4 Å². The number of nitrogens with zero attached hydrogens (tertiary/aromatic N) is 5. The third kappa shape index (κ3) is 8.34. The maximum absolute atomic E-state index is 14.4. The van der Waals surface area contributed by atoms with Gasteiger partial charge in [0.25, 0.3) is 0 Å². The summed E-state index contributed by atoms with van der Waals surface area (Å²) in [6.45, 7) is 7.85. The molecule has 2 aromatic heterocycles. The maximum atomic E-state index is 14.4. The van der Waals surface area contributed by atoms with Crippen LogP contribution in [0.15, 0.2) is 103 Å². The first-order valence-corrected chi connectivity index (χ1v) is 21.8. The van der Waals surface area contributed by atoms with Crippen LogP contribution in [0, 0.1) is 5.92 Å².